The van der Waals surface area contributed by atoms with Crippen LogP contribution < -0.4 is 11.1 Å². The van der Waals surface area contributed by atoms with Crippen LogP contribution in [0.1, 0.15) is 12.0 Å². The largest absolute Gasteiger partial charge is 0.481 e. The summed E-state index contributed by atoms with van der Waals surface area (Å²) in [5.41, 5.74) is 6.15. The van der Waals surface area contributed by atoms with Gasteiger partial charge < -0.3 is 16.2 Å². The number of aliphatic carboxylic acids is 1. The molecule has 1 saturated carbocycles. The molecule has 2 rings (SSSR count). The minimum absolute atomic E-state index is 0.298. The third-order valence-corrected chi connectivity index (χ3v) is 3.39. The maximum atomic E-state index is 11.8. The van der Waals surface area contributed by atoms with Crippen LogP contribution in [0, 0.1) is 11.8 Å². The number of carboxylic acids is 1. The van der Waals surface area contributed by atoms with E-state index in [-0.39, 0.29) is 0 Å². The molecule has 0 aliphatic heterocycles. The van der Waals surface area contributed by atoms with E-state index in [0.29, 0.717) is 12.8 Å². The van der Waals surface area contributed by atoms with E-state index in [0.717, 1.165) is 5.56 Å². The summed E-state index contributed by atoms with van der Waals surface area (Å²) in [7, 11) is 0. The Hall–Kier alpha value is -2.37. The third-order valence-electron chi connectivity index (χ3n) is 3.39. The van der Waals surface area contributed by atoms with Crippen LogP contribution in [0.4, 0.5) is 0 Å². The highest BCUT2D eigenvalue weighted by molar-refractivity contribution is 5.92. The number of nitrogens with one attached hydrogen (secondary N) is 1. The molecule has 20 heavy (non-hydrogen) atoms. The van der Waals surface area contributed by atoms with Crippen LogP contribution >= 0.6 is 0 Å². The quantitative estimate of drug-likeness (QED) is 0.675. The van der Waals surface area contributed by atoms with Crippen molar-refractivity contribution in [2.24, 2.45) is 17.6 Å². The van der Waals surface area contributed by atoms with Gasteiger partial charge in [0.2, 0.25) is 11.8 Å². The van der Waals surface area contributed by atoms with Crippen LogP contribution in [0.3, 0.4) is 0 Å². The van der Waals surface area contributed by atoms with Crippen molar-refractivity contribution in [2.75, 3.05) is 0 Å². The smallest absolute Gasteiger partial charge is 0.307 e. The normalized spacial score (nSPS) is 21.8. The van der Waals surface area contributed by atoms with E-state index in [1.54, 1.807) is 0 Å². The van der Waals surface area contributed by atoms with Gasteiger partial charge in [-0.3, -0.25) is 14.4 Å². The average molecular weight is 276 g/mol. The van der Waals surface area contributed by atoms with Crippen molar-refractivity contribution >= 4 is 17.8 Å². The van der Waals surface area contributed by atoms with E-state index in [1.165, 1.54) is 0 Å². The molecule has 106 valence electrons. The summed E-state index contributed by atoms with van der Waals surface area (Å²) >= 11 is 0. The fourth-order valence-corrected chi connectivity index (χ4v) is 2.11. The predicted octanol–water partition coefficient (Wildman–Crippen LogP) is -0.0801. The highest BCUT2D eigenvalue weighted by Gasteiger charge is 2.48. The van der Waals surface area contributed by atoms with Crippen molar-refractivity contribution in [3.05, 3.63) is 35.9 Å². The second-order valence-corrected chi connectivity index (χ2v) is 4.94. The number of carbonyl (C=O) groups is 3. The van der Waals surface area contributed by atoms with Crippen molar-refractivity contribution < 1.29 is 19.5 Å². The lowest BCUT2D eigenvalue weighted by Gasteiger charge is -2.15. The number of hydrogen-bond acceptors (Lipinski definition) is 3. The predicted molar refractivity (Wildman–Crippen MR) is 70.5 cm³/mol. The van der Waals surface area contributed by atoms with Gasteiger partial charge in [0.15, 0.2) is 0 Å². The van der Waals surface area contributed by atoms with Crippen molar-refractivity contribution in [3.63, 3.8) is 0 Å². The van der Waals surface area contributed by atoms with Gasteiger partial charge in [-0.05, 0) is 12.0 Å². The minimum Gasteiger partial charge on any atom is -0.481 e. The Bertz CT molecular complexity index is 529. The Kier molecular flexibility index (Phi) is 4.02. The Morgan fingerprint density at radius 1 is 1.25 bits per heavy atom. The molecule has 2 amide bonds. The molecule has 3 atom stereocenters. The first-order valence-electron chi connectivity index (χ1n) is 6.35. The second kappa shape index (κ2) is 5.73. The van der Waals surface area contributed by atoms with Gasteiger partial charge in [0.25, 0.3) is 0 Å². The molecule has 0 bridgehead atoms. The van der Waals surface area contributed by atoms with Gasteiger partial charge in [-0.2, -0.15) is 0 Å². The number of benzene rings is 1. The lowest BCUT2D eigenvalue weighted by atomic mass is 10.1. The van der Waals surface area contributed by atoms with Crippen molar-refractivity contribution in [1.29, 1.82) is 0 Å². The van der Waals surface area contributed by atoms with Gasteiger partial charge >= 0.3 is 5.97 Å². The monoisotopic (exact) mass is 276 g/mol. The number of carbonyl (C=O) groups excluding carboxylic acids is 2. The van der Waals surface area contributed by atoms with Gasteiger partial charge in [-0.15, -0.1) is 0 Å². The molecule has 4 N–H and O–H groups in total. The fourth-order valence-electron chi connectivity index (χ4n) is 2.11. The molecule has 1 aliphatic rings. The van der Waals surface area contributed by atoms with E-state index in [9.17, 15) is 14.4 Å². The summed E-state index contributed by atoms with van der Waals surface area (Å²) in [5, 5.41) is 11.3. The molecule has 0 aromatic heterocycles. The summed E-state index contributed by atoms with van der Waals surface area (Å²) in [6.45, 7) is 0. The molecule has 0 radical (unpaired) electrons. The first-order valence-corrected chi connectivity index (χ1v) is 6.35. The lowest BCUT2D eigenvalue weighted by Crippen LogP contribution is -2.46. The molecule has 1 aliphatic carbocycles. The molecular formula is C14H16N2O4. The molecule has 6 heteroatoms. The maximum absolute atomic E-state index is 11.8. The summed E-state index contributed by atoms with van der Waals surface area (Å²) in [4.78, 5) is 33.9. The number of carboxylic acid groups (broad SMARTS) is 1. The Balaban J connectivity index is 1.95. The topological polar surface area (TPSA) is 109 Å². The number of rotatable bonds is 6. The Morgan fingerprint density at radius 2 is 1.90 bits per heavy atom. The van der Waals surface area contributed by atoms with E-state index in [1.807, 2.05) is 30.3 Å². The highest BCUT2D eigenvalue weighted by Crippen LogP contribution is 2.38. The van der Waals surface area contributed by atoms with Gasteiger partial charge in [0, 0.05) is 6.42 Å². The van der Waals surface area contributed by atoms with Crippen molar-refractivity contribution in [2.45, 2.75) is 18.9 Å². The summed E-state index contributed by atoms with van der Waals surface area (Å²) in [6, 6.07) is 8.36. The Labute approximate surface area is 116 Å². The minimum atomic E-state index is -0.983. The van der Waals surface area contributed by atoms with E-state index in [2.05, 4.69) is 5.32 Å². The van der Waals surface area contributed by atoms with Crippen LogP contribution in [0.5, 0.6) is 0 Å². The first-order chi connectivity index (χ1) is 9.49. The van der Waals surface area contributed by atoms with Crippen LogP contribution in [0.2, 0.25) is 0 Å². The highest BCUT2D eigenvalue weighted by atomic mass is 16.4. The SMILES string of the molecule is NC(=O)C(Cc1ccccc1)NC(=O)C1CC1C(=O)O. The van der Waals surface area contributed by atoms with Crippen molar-refractivity contribution in [1.82, 2.24) is 5.32 Å². The average Bonchev–Trinajstić information content (AvgIpc) is 3.19. The van der Waals surface area contributed by atoms with E-state index < -0.39 is 35.7 Å². The number of primary amides is 1. The van der Waals surface area contributed by atoms with Crippen LogP contribution in [-0.4, -0.2) is 28.9 Å². The molecule has 1 aromatic rings. The molecule has 6 nitrogen and oxygen atoms in total. The molecule has 0 spiro atoms. The zero-order chi connectivity index (χ0) is 14.7. The molecule has 3 unspecified atom stereocenters. The van der Waals surface area contributed by atoms with E-state index in [4.69, 9.17) is 10.8 Å². The van der Waals surface area contributed by atoms with E-state index >= 15 is 0 Å². The molecule has 0 heterocycles. The van der Waals surface area contributed by atoms with Gasteiger partial charge in [-0.25, -0.2) is 0 Å². The van der Waals surface area contributed by atoms with Gasteiger partial charge in [0.05, 0.1) is 11.8 Å². The van der Waals surface area contributed by atoms with Crippen LogP contribution in [-0.2, 0) is 20.8 Å². The molecule has 1 fully saturated rings. The first kappa shape index (κ1) is 14.0. The third kappa shape index (κ3) is 3.34. The Morgan fingerprint density at radius 3 is 2.40 bits per heavy atom. The molecule has 1 aromatic carbocycles. The molecule has 0 saturated heterocycles. The maximum Gasteiger partial charge on any atom is 0.307 e. The standard InChI is InChI=1S/C14H16N2O4/c15-12(17)11(6-8-4-2-1-3-5-8)16-13(18)9-7-10(9)14(19)20/h1-5,9-11H,6-7H2,(H2,15,17)(H,16,18)(H,19,20). The summed E-state index contributed by atoms with van der Waals surface area (Å²) in [5.74, 6) is -3.22. The second-order valence-electron chi connectivity index (χ2n) is 4.94. The molecular weight excluding hydrogens is 260 g/mol. The van der Waals surface area contributed by atoms with Gasteiger partial charge in [-0.1, -0.05) is 30.3 Å². The number of hydrogen-bond donors (Lipinski definition) is 3. The van der Waals surface area contributed by atoms with Gasteiger partial charge in [0.1, 0.15) is 6.04 Å². The van der Waals surface area contributed by atoms with Crippen molar-refractivity contribution in [3.8, 4) is 0 Å². The zero-order valence-corrected chi connectivity index (χ0v) is 10.8. The number of nitrogens with two attached hydrogens (primary N) is 1. The zero-order valence-electron chi connectivity index (χ0n) is 10.8. The fraction of sp³-hybridized carbons (Fsp3) is 0.357. The summed E-state index contributed by atoms with van der Waals surface area (Å²) in [6.07, 6.45) is 0.615. The van der Waals surface area contributed by atoms with Crippen LogP contribution in [0.15, 0.2) is 30.3 Å². The lowest BCUT2D eigenvalue weighted by molar-refractivity contribution is -0.140. The summed E-state index contributed by atoms with van der Waals surface area (Å²) < 4.78 is 0. The van der Waals surface area contributed by atoms with Crippen LogP contribution in [0.25, 0.3) is 0 Å². The number of amides is 2.